The number of urea groups is 1. The Labute approximate surface area is 561 Å². The van der Waals surface area contributed by atoms with E-state index in [2.05, 4.69) is 37.2 Å². The standard InChI is InChI=1S/C63H93N13O15S3/c1-4-5-17-66-63(91)70-47-38-93-36-43-28-42(35-92-27-18-65-52(78)32-72-21-23-73(33-53(79)80)25-26-74(24-22-72)34-54(81)82)29-44(30-43)37-94-39-48(62(89)90)69-57(84)46(31-41-11-7-6-8-12-41)68-56(83)45(15-16-51(64)77)67-59(86)55(40(2)3)71-58(85)49-13-9-19-75(49)61(88)50-14-10-20-76(50)60(47)87/h6-8,11-12,28-30,40,45-50,55H,4-5,9-10,13-27,31-39H2,1-3H3,(H2,64,77)(H,65,78)(H,67,86)(H,68,83)(H,69,84)(H,71,85)(H,79,80)(H,81,82)(H,89,90)(H2,66,70,91)/t45-,46-,47-,48-,49-,50-,55-/m0/s1. The summed E-state index contributed by atoms with van der Waals surface area (Å²) in [7, 11) is 0. The maximum atomic E-state index is 14.8. The van der Waals surface area contributed by atoms with Crippen molar-refractivity contribution < 1.29 is 72.9 Å². The number of unbranched alkanes of at least 4 members (excludes halogenated alkanes) is 1. The van der Waals surface area contributed by atoms with Crippen molar-refractivity contribution in [2.75, 3.05) is 102 Å². The molecule has 4 heterocycles. The molecule has 7 atom stereocenters. The fourth-order valence-corrected chi connectivity index (χ4v) is 14.3. The first-order valence-corrected chi connectivity index (χ1v) is 35.6. The maximum Gasteiger partial charge on any atom is 0.327 e. The summed E-state index contributed by atoms with van der Waals surface area (Å²) in [5.74, 6) is -7.50. The Hall–Kier alpha value is -7.19. The Morgan fingerprint density at radius 1 is 0.649 bits per heavy atom. The molecule has 2 aromatic rings. The number of primary amides is 1. The molecule has 0 radical (unpaired) electrons. The predicted molar refractivity (Wildman–Crippen MR) is 356 cm³/mol. The zero-order chi connectivity index (χ0) is 68.3. The second-order valence-corrected chi connectivity index (χ2v) is 27.5. The number of carboxylic acid groups (broad SMARTS) is 3. The molecule has 2 aromatic carbocycles. The normalized spacial score (nSPS) is 23.3. The van der Waals surface area contributed by atoms with Crippen molar-refractivity contribution in [3.05, 3.63) is 70.8 Å². The number of nitrogens with two attached hydrogens (primary N) is 1. The minimum atomic E-state index is -1.48. The molecule has 28 nitrogen and oxygen atoms in total. The molecule has 3 fully saturated rings. The van der Waals surface area contributed by atoms with Gasteiger partial charge in [0.25, 0.3) is 0 Å². The van der Waals surface area contributed by atoms with Crippen molar-refractivity contribution in [2.45, 2.75) is 138 Å². The van der Waals surface area contributed by atoms with Gasteiger partial charge < -0.3 is 68.1 Å². The van der Waals surface area contributed by atoms with Gasteiger partial charge in [0.1, 0.15) is 42.3 Å². The zero-order valence-corrected chi connectivity index (χ0v) is 56.3. The predicted octanol–water partition coefficient (Wildman–Crippen LogP) is 0.243. The molecule has 4 aliphatic rings. The number of rotatable bonds is 22. The van der Waals surface area contributed by atoms with Gasteiger partial charge in [0, 0.05) is 113 Å². The first-order valence-electron chi connectivity index (χ1n) is 32.1. The van der Waals surface area contributed by atoms with Gasteiger partial charge in [-0.15, -0.1) is 0 Å². The van der Waals surface area contributed by atoms with Crippen LogP contribution in [0.2, 0.25) is 0 Å². The lowest BCUT2D eigenvalue weighted by Crippen LogP contribution is -2.60. The van der Waals surface area contributed by atoms with Crippen LogP contribution in [0.25, 0.3) is 0 Å². The number of aliphatic carboxylic acids is 3. The third kappa shape index (κ3) is 25.2. The van der Waals surface area contributed by atoms with Gasteiger partial charge in [0.2, 0.25) is 47.3 Å². The van der Waals surface area contributed by atoms with Gasteiger partial charge in [-0.1, -0.05) is 75.7 Å². The van der Waals surface area contributed by atoms with E-state index >= 15 is 0 Å². The summed E-state index contributed by atoms with van der Waals surface area (Å²) in [5.41, 5.74) is 8.67. The largest absolute Gasteiger partial charge is 0.480 e. The van der Waals surface area contributed by atoms with E-state index in [4.69, 9.17) is 5.73 Å². The summed E-state index contributed by atoms with van der Waals surface area (Å²) in [6, 6.07) is 5.36. The fraction of sp³-hybridized carbons (Fsp3) is 0.619. The van der Waals surface area contributed by atoms with E-state index in [9.17, 15) is 72.9 Å². The number of hydrogen-bond donors (Lipinski definition) is 11. The van der Waals surface area contributed by atoms with E-state index in [1.54, 1.807) is 65.7 Å². The number of nitrogens with zero attached hydrogens (tertiary/aromatic N) is 5. The van der Waals surface area contributed by atoms with Gasteiger partial charge in [-0.2, -0.15) is 35.3 Å². The molecule has 12 N–H and O–H groups in total. The Morgan fingerprint density at radius 3 is 1.81 bits per heavy atom. The van der Waals surface area contributed by atoms with Crippen LogP contribution in [0.1, 0.15) is 94.4 Å². The maximum absolute atomic E-state index is 14.8. The Balaban J connectivity index is 1.27. The van der Waals surface area contributed by atoms with Crippen LogP contribution >= 0.6 is 35.3 Å². The lowest BCUT2D eigenvalue weighted by atomic mass is 10.0. The Kier molecular flexibility index (Phi) is 31.5. The van der Waals surface area contributed by atoms with Crippen LogP contribution in [0, 0.1) is 5.92 Å². The molecule has 3 saturated heterocycles. The number of carboxylic acids is 3. The van der Waals surface area contributed by atoms with E-state index in [-0.39, 0.29) is 81.6 Å². The van der Waals surface area contributed by atoms with Crippen LogP contribution in [0.3, 0.4) is 0 Å². The molecule has 0 aromatic heterocycles. The van der Waals surface area contributed by atoms with Crippen molar-refractivity contribution in [2.24, 2.45) is 11.7 Å². The van der Waals surface area contributed by atoms with E-state index in [0.29, 0.717) is 101 Å². The average Bonchev–Trinajstić information content (AvgIpc) is 1.61. The Morgan fingerprint density at radius 2 is 1.22 bits per heavy atom. The summed E-state index contributed by atoms with van der Waals surface area (Å²) >= 11 is 4.16. The topological polar surface area (TPSA) is 392 Å². The second-order valence-electron chi connectivity index (χ2n) is 24.3. The van der Waals surface area contributed by atoms with E-state index in [1.165, 1.54) is 33.3 Å². The van der Waals surface area contributed by atoms with Crippen LogP contribution in [-0.4, -0.2) is 256 Å². The number of carbonyl (C=O) groups excluding carboxylic acids is 9. The molecule has 518 valence electrons. The number of thioether (sulfide) groups is 3. The van der Waals surface area contributed by atoms with Crippen LogP contribution < -0.4 is 43.0 Å². The Bertz CT molecular complexity index is 2930. The minimum absolute atomic E-state index is 0.0197. The summed E-state index contributed by atoms with van der Waals surface area (Å²) in [6.45, 7) is 8.28. The fourth-order valence-electron chi connectivity index (χ4n) is 11.6. The molecule has 0 aliphatic carbocycles. The van der Waals surface area contributed by atoms with Crippen LogP contribution in [0.4, 0.5) is 4.79 Å². The third-order valence-corrected chi connectivity index (χ3v) is 19.7. The minimum Gasteiger partial charge on any atom is -0.480 e. The van der Waals surface area contributed by atoms with Gasteiger partial charge in [0.15, 0.2) is 0 Å². The molecule has 0 unspecified atom stereocenters. The van der Waals surface area contributed by atoms with Gasteiger partial charge >= 0.3 is 23.9 Å². The van der Waals surface area contributed by atoms with E-state index < -0.39 is 114 Å². The molecular formula is C63H93N13O15S3. The van der Waals surface area contributed by atoms with Crippen molar-refractivity contribution in [3.63, 3.8) is 0 Å². The van der Waals surface area contributed by atoms with E-state index in [1.807, 2.05) is 30.0 Å². The summed E-state index contributed by atoms with van der Waals surface area (Å²) in [4.78, 5) is 170. The molecule has 94 heavy (non-hydrogen) atoms. The monoisotopic (exact) mass is 1370 g/mol. The SMILES string of the molecule is CCCCNC(=O)N[C@H]1CSCc2cc(CSCCNC(=O)CN3CCN(CC(=O)O)CCN(CC(=O)O)CC3)cc(c2)CSC[C@@H](C(=O)O)NC(=O)[C@H](Cc2ccccc2)NC(=O)[C@H](CCC(N)=O)NC(=O)[C@H](C(C)C)NC(=O)[C@@H]2CCCN2C(=O)[C@@H]2CCCN2C1=O. The van der Waals surface area contributed by atoms with Gasteiger partial charge in [-0.25, -0.2) is 9.59 Å². The van der Waals surface area contributed by atoms with Crippen molar-refractivity contribution in [1.82, 2.24) is 61.7 Å². The van der Waals surface area contributed by atoms with Crippen molar-refractivity contribution in [1.29, 1.82) is 0 Å². The third-order valence-electron chi connectivity index (χ3n) is 16.5. The molecule has 31 heteroatoms. The molecule has 6 rings (SSSR count). The number of nitrogens with one attached hydrogen (secondary N) is 7. The highest BCUT2D eigenvalue weighted by Gasteiger charge is 2.45. The molecule has 10 amide bonds. The number of carbonyl (C=O) groups is 12. The number of amides is 10. The van der Waals surface area contributed by atoms with Gasteiger partial charge in [-0.3, -0.25) is 62.6 Å². The highest BCUT2D eigenvalue weighted by atomic mass is 32.2. The number of hydrogen-bond acceptors (Lipinski definition) is 18. The van der Waals surface area contributed by atoms with E-state index in [0.717, 1.165) is 23.1 Å². The highest BCUT2D eigenvalue weighted by molar-refractivity contribution is 7.99. The lowest BCUT2D eigenvalue weighted by Gasteiger charge is -2.33. The molecule has 2 bridgehead atoms. The summed E-state index contributed by atoms with van der Waals surface area (Å²) in [6.07, 6.45) is 2.21. The van der Waals surface area contributed by atoms with Crippen LogP contribution in [0.5, 0.6) is 0 Å². The summed E-state index contributed by atoms with van der Waals surface area (Å²) in [5, 5.41) is 48.9. The lowest BCUT2D eigenvalue weighted by molar-refractivity contribution is -0.147. The van der Waals surface area contributed by atoms with Crippen molar-refractivity contribution >= 4 is 106 Å². The first-order chi connectivity index (χ1) is 45.0. The molecule has 0 spiro atoms. The quantitative estimate of drug-likeness (QED) is 0.0704. The molecule has 4 aliphatic heterocycles. The first kappa shape index (κ1) is 75.8. The molecular weight excluding hydrogens is 1270 g/mol. The van der Waals surface area contributed by atoms with Crippen LogP contribution in [-0.2, 0) is 76.4 Å². The highest BCUT2D eigenvalue weighted by Crippen LogP contribution is 2.28. The zero-order valence-electron chi connectivity index (χ0n) is 53.8. The smallest absolute Gasteiger partial charge is 0.327 e. The van der Waals surface area contributed by atoms with Crippen LogP contribution in [0.15, 0.2) is 48.5 Å². The van der Waals surface area contributed by atoms with Crippen molar-refractivity contribution in [3.8, 4) is 0 Å². The van der Waals surface area contributed by atoms with Gasteiger partial charge in [-0.05, 0) is 66.7 Å². The second kappa shape index (κ2) is 39.0. The average molecular weight is 1370 g/mol. The summed E-state index contributed by atoms with van der Waals surface area (Å²) < 4.78 is 0. The number of fused-ring (bicyclic) bond motifs is 4. The number of benzene rings is 2. The molecule has 0 saturated carbocycles. The van der Waals surface area contributed by atoms with Gasteiger partial charge in [0.05, 0.1) is 19.6 Å².